The molecule has 0 aromatic heterocycles. The molecule has 2 aromatic carbocycles. The van der Waals surface area contributed by atoms with Crippen LogP contribution in [0.25, 0.3) is 11.1 Å². The van der Waals surface area contributed by atoms with Gasteiger partial charge in [-0.05, 0) is 31.4 Å². The fourth-order valence-electron chi connectivity index (χ4n) is 4.16. The maximum absolute atomic E-state index is 12.7. The highest BCUT2D eigenvalue weighted by Gasteiger charge is 2.40. The summed E-state index contributed by atoms with van der Waals surface area (Å²) in [6.07, 6.45) is 4.05. The molecule has 27 heavy (non-hydrogen) atoms. The van der Waals surface area contributed by atoms with E-state index in [1.165, 1.54) is 12.7 Å². The summed E-state index contributed by atoms with van der Waals surface area (Å²) in [4.78, 5) is 12.7. The van der Waals surface area contributed by atoms with Crippen LogP contribution in [0.3, 0.4) is 0 Å². The Kier molecular flexibility index (Phi) is 4.27. The van der Waals surface area contributed by atoms with E-state index < -0.39 is 5.97 Å². The number of aromatic hydroxyl groups is 1. The molecule has 1 aliphatic heterocycles. The molecule has 138 valence electrons. The van der Waals surface area contributed by atoms with Gasteiger partial charge in [-0.15, -0.1) is 0 Å². The number of allylic oxidation sites excluding steroid dienone is 3. The average molecular weight is 362 g/mol. The van der Waals surface area contributed by atoms with E-state index in [0.717, 1.165) is 18.4 Å². The van der Waals surface area contributed by atoms with Gasteiger partial charge in [-0.1, -0.05) is 48.6 Å². The molecular formula is C23H22O4. The number of carbonyl (C=O) groups excluding carboxylic acids is 1. The predicted molar refractivity (Wildman–Crippen MR) is 104 cm³/mol. The molecular weight excluding hydrogens is 340 g/mol. The Bertz CT molecular complexity index is 956. The fraction of sp³-hybridized carbons (Fsp3) is 0.261. The highest BCUT2D eigenvalue weighted by molar-refractivity contribution is 6.01. The van der Waals surface area contributed by atoms with Crippen LogP contribution in [-0.4, -0.2) is 18.2 Å². The number of hydrogen-bond donors (Lipinski definition) is 1. The van der Waals surface area contributed by atoms with Crippen molar-refractivity contribution >= 4 is 5.97 Å². The van der Waals surface area contributed by atoms with Crippen molar-refractivity contribution in [2.75, 3.05) is 7.11 Å². The van der Waals surface area contributed by atoms with Gasteiger partial charge in [-0.25, -0.2) is 4.79 Å². The van der Waals surface area contributed by atoms with E-state index in [4.69, 9.17) is 9.47 Å². The van der Waals surface area contributed by atoms with Gasteiger partial charge in [0.25, 0.3) is 0 Å². The molecule has 0 saturated carbocycles. The third kappa shape index (κ3) is 2.81. The van der Waals surface area contributed by atoms with Crippen molar-refractivity contribution in [1.82, 2.24) is 0 Å². The first-order valence-corrected chi connectivity index (χ1v) is 9.08. The molecule has 1 aliphatic carbocycles. The third-order valence-electron chi connectivity index (χ3n) is 5.50. The molecule has 4 heteroatoms. The van der Waals surface area contributed by atoms with Crippen LogP contribution in [0.1, 0.15) is 41.6 Å². The molecule has 0 bridgehead atoms. The van der Waals surface area contributed by atoms with Crippen molar-refractivity contribution in [2.24, 2.45) is 5.92 Å². The zero-order valence-corrected chi connectivity index (χ0v) is 15.5. The summed E-state index contributed by atoms with van der Waals surface area (Å²) in [6.45, 7) is 6.18. The van der Waals surface area contributed by atoms with Gasteiger partial charge in [0.2, 0.25) is 0 Å². The first kappa shape index (κ1) is 17.4. The minimum absolute atomic E-state index is 0.0526. The van der Waals surface area contributed by atoms with Crippen molar-refractivity contribution in [2.45, 2.75) is 25.7 Å². The lowest BCUT2D eigenvalue weighted by molar-refractivity contribution is 0.0596. The number of phenolic OH excluding ortho intramolecular Hbond substituents is 1. The highest BCUT2D eigenvalue weighted by Crippen LogP contribution is 2.53. The normalized spacial score (nSPS) is 20.8. The standard InChI is InChI=1S/C23H22O4/c1-13-9-10-16-14(2)27-22-20(18(16)11-13)19(24)12-17(21(22)23(25)26-3)15-7-5-4-6-8-15/h4-8,11-12,16,18,24H,2,9-10H2,1,3H3/t16-,18+/m0/s1. The smallest absolute Gasteiger partial charge is 0.342 e. The van der Waals surface area contributed by atoms with Crippen LogP contribution >= 0.6 is 0 Å². The minimum atomic E-state index is -0.493. The maximum Gasteiger partial charge on any atom is 0.342 e. The molecule has 2 aliphatic rings. The van der Waals surface area contributed by atoms with Gasteiger partial charge in [-0.2, -0.15) is 0 Å². The first-order chi connectivity index (χ1) is 13.0. The lowest BCUT2D eigenvalue weighted by Gasteiger charge is -2.37. The Morgan fingerprint density at radius 1 is 1.30 bits per heavy atom. The van der Waals surface area contributed by atoms with E-state index >= 15 is 0 Å². The van der Waals surface area contributed by atoms with E-state index in [0.29, 0.717) is 28.2 Å². The third-order valence-corrected chi connectivity index (χ3v) is 5.50. The SMILES string of the molecule is C=C1Oc2c(C(=O)OC)c(-c3ccccc3)cc(O)c2[C@@H]2C=C(C)CC[C@@H]12. The van der Waals surface area contributed by atoms with Crippen molar-refractivity contribution in [3.63, 3.8) is 0 Å². The topological polar surface area (TPSA) is 55.8 Å². The van der Waals surface area contributed by atoms with Crippen LogP contribution in [0.5, 0.6) is 11.5 Å². The molecule has 0 amide bonds. The van der Waals surface area contributed by atoms with E-state index in [1.54, 1.807) is 6.07 Å². The summed E-state index contributed by atoms with van der Waals surface area (Å²) in [6, 6.07) is 11.1. The second-order valence-electron chi connectivity index (χ2n) is 7.17. The van der Waals surface area contributed by atoms with Gasteiger partial charge < -0.3 is 14.6 Å². The van der Waals surface area contributed by atoms with Crippen LogP contribution in [0.2, 0.25) is 0 Å². The quantitative estimate of drug-likeness (QED) is 0.590. The van der Waals surface area contributed by atoms with Gasteiger partial charge in [0.1, 0.15) is 22.8 Å². The van der Waals surface area contributed by atoms with Gasteiger partial charge in [0.15, 0.2) is 0 Å². The number of ether oxygens (including phenoxy) is 2. The predicted octanol–water partition coefficient (Wildman–Crippen LogP) is 5.19. The van der Waals surface area contributed by atoms with Crippen LogP contribution in [0.4, 0.5) is 0 Å². The van der Waals surface area contributed by atoms with Gasteiger partial charge >= 0.3 is 5.97 Å². The number of hydrogen-bond acceptors (Lipinski definition) is 4. The van der Waals surface area contributed by atoms with E-state index in [9.17, 15) is 9.90 Å². The Balaban J connectivity index is 2.01. The van der Waals surface area contributed by atoms with Gasteiger partial charge in [0.05, 0.1) is 7.11 Å². The maximum atomic E-state index is 12.7. The number of esters is 1. The second kappa shape index (κ2) is 6.62. The summed E-state index contributed by atoms with van der Waals surface area (Å²) >= 11 is 0. The fourth-order valence-corrected chi connectivity index (χ4v) is 4.16. The average Bonchev–Trinajstić information content (AvgIpc) is 2.67. The highest BCUT2D eigenvalue weighted by atomic mass is 16.5. The van der Waals surface area contributed by atoms with Crippen molar-refractivity contribution < 1.29 is 19.4 Å². The number of phenols is 1. The molecule has 2 aromatic rings. The molecule has 0 radical (unpaired) electrons. The Labute approximate surface area is 158 Å². The summed E-state index contributed by atoms with van der Waals surface area (Å²) in [7, 11) is 1.35. The second-order valence-corrected chi connectivity index (χ2v) is 7.17. The van der Waals surface area contributed by atoms with Crippen molar-refractivity contribution in [3.8, 4) is 22.6 Å². The summed E-state index contributed by atoms with van der Waals surface area (Å²) in [5.74, 6) is 0.671. The lowest BCUT2D eigenvalue weighted by Crippen LogP contribution is -2.27. The van der Waals surface area contributed by atoms with Crippen molar-refractivity contribution in [3.05, 3.63) is 71.5 Å². The molecule has 4 rings (SSSR count). The Morgan fingerprint density at radius 3 is 2.74 bits per heavy atom. The monoisotopic (exact) mass is 362 g/mol. The number of carbonyl (C=O) groups is 1. The van der Waals surface area contributed by atoms with E-state index in [1.807, 2.05) is 30.3 Å². The molecule has 0 saturated heterocycles. The van der Waals surface area contributed by atoms with Crippen LogP contribution < -0.4 is 4.74 Å². The molecule has 0 fully saturated rings. The Morgan fingerprint density at radius 2 is 2.04 bits per heavy atom. The molecule has 2 atom stereocenters. The molecule has 1 N–H and O–H groups in total. The van der Waals surface area contributed by atoms with Crippen LogP contribution in [0.15, 0.2) is 60.4 Å². The zero-order valence-electron chi connectivity index (χ0n) is 15.5. The molecule has 4 nitrogen and oxygen atoms in total. The van der Waals surface area contributed by atoms with E-state index in [2.05, 4.69) is 19.6 Å². The summed E-state index contributed by atoms with van der Waals surface area (Å²) in [5.41, 5.74) is 3.63. The largest absolute Gasteiger partial charge is 0.507 e. The minimum Gasteiger partial charge on any atom is -0.507 e. The zero-order chi connectivity index (χ0) is 19.1. The van der Waals surface area contributed by atoms with Crippen LogP contribution in [0, 0.1) is 5.92 Å². The van der Waals surface area contributed by atoms with Crippen LogP contribution in [-0.2, 0) is 4.74 Å². The number of fused-ring (bicyclic) bond motifs is 3. The Hall–Kier alpha value is -3.01. The number of methoxy groups -OCH3 is 1. The van der Waals surface area contributed by atoms with Gasteiger partial charge in [0, 0.05) is 23.0 Å². The van der Waals surface area contributed by atoms with E-state index in [-0.39, 0.29) is 17.6 Å². The number of rotatable bonds is 2. The van der Waals surface area contributed by atoms with Gasteiger partial charge in [-0.3, -0.25) is 0 Å². The molecule has 0 unspecified atom stereocenters. The van der Waals surface area contributed by atoms with Crippen molar-refractivity contribution in [1.29, 1.82) is 0 Å². The summed E-state index contributed by atoms with van der Waals surface area (Å²) < 4.78 is 11.1. The summed E-state index contributed by atoms with van der Waals surface area (Å²) in [5, 5.41) is 10.9. The lowest BCUT2D eigenvalue weighted by atomic mass is 9.73. The molecule has 0 spiro atoms. The first-order valence-electron chi connectivity index (χ1n) is 9.08. The number of benzene rings is 2. The molecule has 1 heterocycles.